The molecule has 2 rings (SSSR count). The van der Waals surface area contributed by atoms with Crippen LogP contribution in [0.25, 0.3) is 0 Å². The minimum absolute atomic E-state index is 0.207. The summed E-state index contributed by atoms with van der Waals surface area (Å²) in [6.07, 6.45) is 1.78. The van der Waals surface area contributed by atoms with E-state index in [1.54, 1.807) is 13.0 Å². The fourth-order valence-electron chi connectivity index (χ4n) is 2.49. The highest BCUT2D eigenvalue weighted by molar-refractivity contribution is 7.89. The molecule has 3 N–H and O–H groups in total. The van der Waals surface area contributed by atoms with Crippen LogP contribution in [0.4, 0.5) is 0 Å². The topological polar surface area (TPSA) is 81.4 Å². The van der Waals surface area contributed by atoms with Gasteiger partial charge in [-0.3, -0.25) is 0 Å². The molecule has 0 bridgehead atoms. The van der Waals surface area contributed by atoms with Crippen LogP contribution in [0.5, 0.6) is 0 Å². The lowest BCUT2D eigenvalue weighted by atomic mass is 10.1. The Morgan fingerprint density at radius 3 is 2.86 bits per heavy atom. The molecule has 0 radical (unpaired) electrons. The van der Waals surface area contributed by atoms with Crippen molar-refractivity contribution in [2.45, 2.75) is 31.2 Å². The Bertz CT molecular complexity index is 598. The summed E-state index contributed by atoms with van der Waals surface area (Å²) >= 11 is 5.98. The van der Waals surface area contributed by atoms with Crippen LogP contribution in [0.3, 0.4) is 0 Å². The first-order valence-corrected chi connectivity index (χ1v) is 8.86. The summed E-state index contributed by atoms with van der Waals surface area (Å²) < 4.78 is 32.7. The van der Waals surface area contributed by atoms with E-state index < -0.39 is 10.0 Å². The molecule has 1 aliphatic heterocycles. The number of hydrogen-bond acceptors (Lipinski definition) is 4. The van der Waals surface area contributed by atoms with Crippen molar-refractivity contribution in [1.82, 2.24) is 4.72 Å². The molecule has 7 heteroatoms. The summed E-state index contributed by atoms with van der Waals surface area (Å²) in [4.78, 5) is 0.207. The maximum Gasteiger partial charge on any atom is 0.240 e. The quantitative estimate of drug-likeness (QED) is 0.832. The van der Waals surface area contributed by atoms with Gasteiger partial charge in [0.25, 0.3) is 0 Å². The maximum absolute atomic E-state index is 12.4. The summed E-state index contributed by atoms with van der Waals surface area (Å²) in [5.74, 6) is 0.438. The van der Waals surface area contributed by atoms with Crippen molar-refractivity contribution in [2.24, 2.45) is 11.7 Å². The standard InChI is InChI=1S/C14H21ClN2O3S/c1-10-12(8-16)6-13(15)7-14(10)21(18,19)17-4-2-11-3-5-20-9-11/h6-7,11,17H,2-5,8-9,16H2,1H3. The molecule has 5 nitrogen and oxygen atoms in total. The highest BCUT2D eigenvalue weighted by atomic mass is 35.5. The van der Waals surface area contributed by atoms with Gasteiger partial charge in [0, 0.05) is 31.3 Å². The molecule has 21 heavy (non-hydrogen) atoms. The lowest BCUT2D eigenvalue weighted by Crippen LogP contribution is -2.27. The van der Waals surface area contributed by atoms with Crippen LogP contribution in [0.1, 0.15) is 24.0 Å². The molecular weight excluding hydrogens is 312 g/mol. The van der Waals surface area contributed by atoms with Crippen LogP contribution in [0.15, 0.2) is 17.0 Å². The molecule has 118 valence electrons. The van der Waals surface area contributed by atoms with E-state index in [2.05, 4.69) is 4.72 Å². The third kappa shape index (κ3) is 4.17. The third-order valence-electron chi connectivity index (χ3n) is 3.81. The Labute approximate surface area is 130 Å². The van der Waals surface area contributed by atoms with Crippen molar-refractivity contribution in [3.8, 4) is 0 Å². The lowest BCUT2D eigenvalue weighted by Gasteiger charge is -2.14. The molecule has 1 aromatic rings. The van der Waals surface area contributed by atoms with Crippen LogP contribution in [-0.2, 0) is 21.3 Å². The summed E-state index contributed by atoms with van der Waals surface area (Å²) in [5, 5.41) is 0.380. The SMILES string of the molecule is Cc1c(CN)cc(Cl)cc1S(=O)(=O)NCCC1CCOC1. The van der Waals surface area contributed by atoms with Crippen molar-refractivity contribution in [3.63, 3.8) is 0 Å². The molecule has 0 aromatic heterocycles. The Morgan fingerprint density at radius 1 is 1.48 bits per heavy atom. The molecule has 1 heterocycles. The first-order chi connectivity index (χ1) is 9.94. The second-order valence-corrected chi connectivity index (χ2v) is 7.48. The van der Waals surface area contributed by atoms with Crippen molar-refractivity contribution in [1.29, 1.82) is 0 Å². The van der Waals surface area contributed by atoms with Gasteiger partial charge in [0.15, 0.2) is 0 Å². The lowest BCUT2D eigenvalue weighted by molar-refractivity contribution is 0.184. The molecule has 1 aliphatic rings. The molecular formula is C14H21ClN2O3S. The Balaban J connectivity index is 2.09. The molecule has 1 saturated heterocycles. The Kier molecular flexibility index (Phi) is 5.62. The molecule has 1 unspecified atom stereocenters. The summed E-state index contributed by atoms with van der Waals surface area (Å²) in [5.41, 5.74) is 7.02. The predicted molar refractivity (Wildman–Crippen MR) is 82.8 cm³/mol. The second-order valence-electron chi connectivity index (χ2n) is 5.31. The van der Waals surface area contributed by atoms with Gasteiger partial charge < -0.3 is 10.5 Å². The molecule has 1 aromatic carbocycles. The van der Waals surface area contributed by atoms with Gasteiger partial charge in [-0.2, -0.15) is 0 Å². The molecule has 0 spiro atoms. The highest BCUT2D eigenvalue weighted by Crippen LogP contribution is 2.24. The van der Waals surface area contributed by atoms with E-state index in [1.165, 1.54) is 6.07 Å². The van der Waals surface area contributed by atoms with Gasteiger partial charge in [0.05, 0.1) is 4.90 Å². The van der Waals surface area contributed by atoms with Crippen molar-refractivity contribution in [2.75, 3.05) is 19.8 Å². The van der Waals surface area contributed by atoms with Gasteiger partial charge in [-0.05, 0) is 48.9 Å². The molecule has 1 atom stereocenters. The zero-order valence-electron chi connectivity index (χ0n) is 12.1. The highest BCUT2D eigenvalue weighted by Gasteiger charge is 2.21. The average Bonchev–Trinajstić information content (AvgIpc) is 2.93. The number of benzene rings is 1. The smallest absolute Gasteiger partial charge is 0.240 e. The molecule has 0 amide bonds. The largest absolute Gasteiger partial charge is 0.381 e. The Hall–Kier alpha value is -0.660. The molecule has 0 saturated carbocycles. The van der Waals surface area contributed by atoms with Gasteiger partial charge in [-0.15, -0.1) is 0 Å². The van der Waals surface area contributed by atoms with E-state index in [-0.39, 0.29) is 11.4 Å². The second kappa shape index (κ2) is 7.07. The number of halogens is 1. The van der Waals surface area contributed by atoms with Gasteiger partial charge >= 0.3 is 0 Å². The zero-order chi connectivity index (χ0) is 15.5. The summed E-state index contributed by atoms with van der Waals surface area (Å²) in [6.45, 7) is 3.90. The van der Waals surface area contributed by atoms with Gasteiger partial charge in [-0.25, -0.2) is 13.1 Å². The normalized spacial score (nSPS) is 19.1. The average molecular weight is 333 g/mol. The van der Waals surface area contributed by atoms with Crippen LogP contribution >= 0.6 is 11.6 Å². The van der Waals surface area contributed by atoms with E-state index in [4.69, 9.17) is 22.1 Å². The minimum atomic E-state index is -3.57. The molecule has 0 aliphatic carbocycles. The van der Waals surface area contributed by atoms with E-state index in [0.29, 0.717) is 23.0 Å². The number of rotatable bonds is 6. The number of nitrogens with one attached hydrogen (secondary N) is 1. The monoisotopic (exact) mass is 332 g/mol. The maximum atomic E-state index is 12.4. The Morgan fingerprint density at radius 2 is 2.24 bits per heavy atom. The fourth-order valence-corrected chi connectivity index (χ4v) is 4.15. The number of nitrogens with two attached hydrogens (primary N) is 1. The third-order valence-corrected chi connectivity index (χ3v) is 5.62. The zero-order valence-corrected chi connectivity index (χ0v) is 13.6. The van der Waals surface area contributed by atoms with E-state index in [9.17, 15) is 8.42 Å². The minimum Gasteiger partial charge on any atom is -0.381 e. The van der Waals surface area contributed by atoms with Crippen LogP contribution in [-0.4, -0.2) is 28.2 Å². The van der Waals surface area contributed by atoms with Gasteiger partial charge in [-0.1, -0.05) is 11.6 Å². The first-order valence-electron chi connectivity index (χ1n) is 7.00. The number of hydrogen-bond donors (Lipinski definition) is 2. The summed E-state index contributed by atoms with van der Waals surface area (Å²) in [7, 11) is -3.57. The van der Waals surface area contributed by atoms with E-state index in [1.807, 2.05) is 0 Å². The van der Waals surface area contributed by atoms with Crippen molar-refractivity contribution in [3.05, 3.63) is 28.3 Å². The van der Waals surface area contributed by atoms with Gasteiger partial charge in [0.2, 0.25) is 10.0 Å². The fraction of sp³-hybridized carbons (Fsp3) is 0.571. The molecule has 1 fully saturated rings. The predicted octanol–water partition coefficient (Wildman–Crippen LogP) is 1.81. The van der Waals surface area contributed by atoms with Gasteiger partial charge in [0.1, 0.15) is 0 Å². The number of ether oxygens (including phenoxy) is 1. The van der Waals surface area contributed by atoms with Crippen LogP contribution < -0.4 is 10.5 Å². The number of sulfonamides is 1. The van der Waals surface area contributed by atoms with Crippen LogP contribution in [0, 0.1) is 12.8 Å². The van der Waals surface area contributed by atoms with Crippen molar-refractivity contribution < 1.29 is 13.2 Å². The van der Waals surface area contributed by atoms with E-state index >= 15 is 0 Å². The summed E-state index contributed by atoms with van der Waals surface area (Å²) in [6, 6.07) is 3.17. The van der Waals surface area contributed by atoms with Crippen molar-refractivity contribution >= 4 is 21.6 Å². The van der Waals surface area contributed by atoms with E-state index in [0.717, 1.165) is 31.6 Å². The van der Waals surface area contributed by atoms with Crippen LogP contribution in [0.2, 0.25) is 5.02 Å². The first kappa shape index (κ1) is 16.7.